The number of sulfonamides is 1. The number of benzene rings is 2. The Bertz CT molecular complexity index is 760. The molecule has 0 bridgehead atoms. The summed E-state index contributed by atoms with van der Waals surface area (Å²) in [5, 5.41) is 3.19. The zero-order valence-electron chi connectivity index (χ0n) is 10.6. The molecule has 2 aromatic carbocycles. The van der Waals surface area contributed by atoms with E-state index in [-0.39, 0.29) is 4.90 Å². The van der Waals surface area contributed by atoms with Crippen molar-refractivity contribution in [2.45, 2.75) is 11.3 Å². The Hall–Kier alpha value is -1.53. The monoisotopic (exact) mass is 352 g/mol. The highest BCUT2D eigenvalue weighted by Gasteiger charge is 2.18. The molecule has 0 saturated carbocycles. The van der Waals surface area contributed by atoms with Gasteiger partial charge in [-0.1, -0.05) is 28.1 Å². The van der Waals surface area contributed by atoms with E-state index in [1.54, 1.807) is 30.3 Å². The average Bonchev–Trinajstić information content (AvgIpc) is 2.85. The molecule has 0 amide bonds. The van der Waals surface area contributed by atoms with Crippen LogP contribution in [0, 0.1) is 0 Å². The molecule has 0 unspecified atom stereocenters. The number of fused-ring (bicyclic) bond motifs is 1. The predicted molar refractivity (Wildman–Crippen MR) is 83.6 cm³/mol. The van der Waals surface area contributed by atoms with Crippen LogP contribution in [0.5, 0.6) is 0 Å². The Kier molecular flexibility index (Phi) is 3.43. The van der Waals surface area contributed by atoms with Crippen LogP contribution in [0.25, 0.3) is 0 Å². The molecule has 0 saturated heterocycles. The first-order chi connectivity index (χ1) is 9.54. The van der Waals surface area contributed by atoms with Gasteiger partial charge in [0.15, 0.2) is 0 Å². The summed E-state index contributed by atoms with van der Waals surface area (Å²) in [5.74, 6) is 0. The van der Waals surface area contributed by atoms with E-state index in [9.17, 15) is 8.42 Å². The third kappa shape index (κ3) is 2.66. The Morgan fingerprint density at radius 3 is 2.80 bits per heavy atom. The summed E-state index contributed by atoms with van der Waals surface area (Å²) >= 11 is 3.32. The SMILES string of the molecule is O=S(=O)(Nc1cccc(Br)c1)c1ccc2c(c1)NCC2. The van der Waals surface area contributed by atoms with Gasteiger partial charge in [-0.25, -0.2) is 8.42 Å². The Labute approximate surface area is 126 Å². The fourth-order valence-electron chi connectivity index (χ4n) is 2.20. The Morgan fingerprint density at radius 1 is 1.15 bits per heavy atom. The second-order valence-corrected chi connectivity index (χ2v) is 7.21. The number of hydrogen-bond donors (Lipinski definition) is 2. The number of rotatable bonds is 3. The van der Waals surface area contributed by atoms with Crippen molar-refractivity contribution in [3.63, 3.8) is 0 Å². The van der Waals surface area contributed by atoms with E-state index in [1.807, 2.05) is 12.1 Å². The smallest absolute Gasteiger partial charge is 0.261 e. The molecule has 2 aromatic rings. The molecule has 0 aliphatic carbocycles. The zero-order valence-corrected chi connectivity index (χ0v) is 13.0. The van der Waals surface area contributed by atoms with Crippen molar-refractivity contribution in [1.29, 1.82) is 0 Å². The van der Waals surface area contributed by atoms with E-state index < -0.39 is 10.0 Å². The lowest BCUT2D eigenvalue weighted by Crippen LogP contribution is -2.13. The lowest BCUT2D eigenvalue weighted by Gasteiger charge is -2.10. The van der Waals surface area contributed by atoms with Crippen molar-refractivity contribution in [3.8, 4) is 0 Å². The largest absolute Gasteiger partial charge is 0.384 e. The fraction of sp³-hybridized carbons (Fsp3) is 0.143. The molecule has 6 heteroatoms. The van der Waals surface area contributed by atoms with E-state index in [0.717, 1.165) is 28.7 Å². The summed E-state index contributed by atoms with van der Waals surface area (Å²) in [4.78, 5) is 0.269. The molecule has 104 valence electrons. The molecule has 1 aliphatic heterocycles. The highest BCUT2D eigenvalue weighted by Crippen LogP contribution is 2.27. The molecular weight excluding hydrogens is 340 g/mol. The van der Waals surface area contributed by atoms with Crippen LogP contribution in [0.4, 0.5) is 11.4 Å². The van der Waals surface area contributed by atoms with Gasteiger partial charge in [-0.2, -0.15) is 0 Å². The van der Waals surface area contributed by atoms with Gasteiger partial charge in [0.05, 0.1) is 4.90 Å². The number of nitrogens with one attached hydrogen (secondary N) is 2. The standard InChI is InChI=1S/C14H13BrN2O2S/c15-11-2-1-3-12(8-11)17-20(18,19)13-5-4-10-6-7-16-14(10)9-13/h1-5,8-9,16-17H,6-7H2. The van der Waals surface area contributed by atoms with Crippen molar-refractivity contribution in [2.75, 3.05) is 16.6 Å². The highest BCUT2D eigenvalue weighted by molar-refractivity contribution is 9.10. The molecule has 2 N–H and O–H groups in total. The molecule has 0 aromatic heterocycles. The van der Waals surface area contributed by atoms with Gasteiger partial charge in [0.25, 0.3) is 10.0 Å². The van der Waals surface area contributed by atoms with Crippen molar-refractivity contribution < 1.29 is 8.42 Å². The molecule has 0 fully saturated rings. The normalized spacial score (nSPS) is 13.7. The second kappa shape index (κ2) is 5.10. The van der Waals surface area contributed by atoms with E-state index in [4.69, 9.17) is 0 Å². The van der Waals surface area contributed by atoms with Crippen LogP contribution in [0.1, 0.15) is 5.56 Å². The average molecular weight is 353 g/mol. The summed E-state index contributed by atoms with van der Waals surface area (Å²) in [5.41, 5.74) is 2.60. The maximum absolute atomic E-state index is 12.4. The molecule has 3 rings (SSSR count). The van der Waals surface area contributed by atoms with Gasteiger partial charge in [0.2, 0.25) is 0 Å². The molecule has 1 heterocycles. The summed E-state index contributed by atoms with van der Waals surface area (Å²) in [6.07, 6.45) is 0.939. The van der Waals surface area contributed by atoms with Crippen LogP contribution < -0.4 is 10.0 Å². The van der Waals surface area contributed by atoms with E-state index >= 15 is 0 Å². The second-order valence-electron chi connectivity index (χ2n) is 4.61. The van der Waals surface area contributed by atoms with Crippen LogP contribution in [0.3, 0.4) is 0 Å². The van der Waals surface area contributed by atoms with Crippen LogP contribution in [0.2, 0.25) is 0 Å². The highest BCUT2D eigenvalue weighted by atomic mass is 79.9. The van der Waals surface area contributed by atoms with Gasteiger partial charge in [-0.05, 0) is 42.3 Å². The lowest BCUT2D eigenvalue weighted by molar-refractivity contribution is 0.601. The number of halogens is 1. The van der Waals surface area contributed by atoms with Crippen LogP contribution in [0.15, 0.2) is 51.8 Å². The minimum atomic E-state index is -3.56. The van der Waals surface area contributed by atoms with E-state index in [0.29, 0.717) is 5.69 Å². The van der Waals surface area contributed by atoms with Crippen LogP contribution >= 0.6 is 15.9 Å². The van der Waals surface area contributed by atoms with Gasteiger partial charge in [0, 0.05) is 22.4 Å². The van der Waals surface area contributed by atoms with Gasteiger partial charge < -0.3 is 5.32 Å². The topological polar surface area (TPSA) is 58.2 Å². The number of hydrogen-bond acceptors (Lipinski definition) is 3. The molecule has 0 spiro atoms. The van der Waals surface area contributed by atoms with Crippen molar-refractivity contribution in [3.05, 3.63) is 52.5 Å². The minimum Gasteiger partial charge on any atom is -0.384 e. The molecule has 0 atom stereocenters. The maximum atomic E-state index is 12.4. The van der Waals surface area contributed by atoms with Crippen molar-refractivity contribution in [1.82, 2.24) is 0 Å². The fourth-order valence-corrected chi connectivity index (χ4v) is 3.68. The van der Waals surface area contributed by atoms with Gasteiger partial charge in [-0.15, -0.1) is 0 Å². The van der Waals surface area contributed by atoms with Gasteiger partial charge >= 0.3 is 0 Å². The van der Waals surface area contributed by atoms with E-state index in [2.05, 4.69) is 26.0 Å². The summed E-state index contributed by atoms with van der Waals surface area (Å²) in [6.45, 7) is 0.859. The summed E-state index contributed by atoms with van der Waals surface area (Å²) in [7, 11) is -3.56. The molecule has 0 radical (unpaired) electrons. The number of anilines is 2. The quantitative estimate of drug-likeness (QED) is 0.891. The van der Waals surface area contributed by atoms with Crippen LogP contribution in [-0.2, 0) is 16.4 Å². The molecule has 20 heavy (non-hydrogen) atoms. The van der Waals surface area contributed by atoms with Crippen molar-refractivity contribution >= 4 is 37.3 Å². The first kappa shape index (κ1) is 13.5. The Morgan fingerprint density at radius 2 is 2.00 bits per heavy atom. The van der Waals surface area contributed by atoms with Gasteiger partial charge in [-0.3, -0.25) is 4.72 Å². The molecular formula is C14H13BrN2O2S. The molecule has 4 nitrogen and oxygen atoms in total. The maximum Gasteiger partial charge on any atom is 0.261 e. The van der Waals surface area contributed by atoms with E-state index in [1.165, 1.54) is 0 Å². The third-order valence-corrected chi connectivity index (χ3v) is 5.05. The Balaban J connectivity index is 1.92. The summed E-state index contributed by atoms with van der Waals surface area (Å²) < 4.78 is 28.1. The lowest BCUT2D eigenvalue weighted by atomic mass is 10.2. The first-order valence-electron chi connectivity index (χ1n) is 6.20. The first-order valence-corrected chi connectivity index (χ1v) is 8.47. The summed E-state index contributed by atoms with van der Waals surface area (Å²) in [6, 6.07) is 12.3. The third-order valence-electron chi connectivity index (χ3n) is 3.18. The van der Waals surface area contributed by atoms with Crippen LogP contribution in [-0.4, -0.2) is 15.0 Å². The van der Waals surface area contributed by atoms with Crippen molar-refractivity contribution in [2.24, 2.45) is 0 Å². The van der Waals surface area contributed by atoms with Gasteiger partial charge in [0.1, 0.15) is 0 Å². The minimum absolute atomic E-state index is 0.269. The predicted octanol–water partition coefficient (Wildman–Crippen LogP) is 3.22. The molecule has 1 aliphatic rings. The zero-order chi connectivity index (χ0) is 14.2.